The van der Waals surface area contributed by atoms with E-state index in [4.69, 9.17) is 5.11 Å². The van der Waals surface area contributed by atoms with E-state index in [9.17, 15) is 14.0 Å². The van der Waals surface area contributed by atoms with E-state index in [-0.39, 0.29) is 18.3 Å². The second-order valence-electron chi connectivity index (χ2n) is 4.62. The van der Waals surface area contributed by atoms with Crippen LogP contribution in [0.15, 0.2) is 23.1 Å². The lowest BCUT2D eigenvalue weighted by atomic mass is 10.1. The Balaban J connectivity index is 2.02. The van der Waals surface area contributed by atoms with E-state index in [1.165, 1.54) is 30.0 Å². The lowest BCUT2D eigenvalue weighted by molar-refractivity contribution is -0.143. The molecular weight excluding hydrogens is 269 g/mol. The van der Waals surface area contributed by atoms with Crippen LogP contribution in [0.2, 0.25) is 0 Å². The van der Waals surface area contributed by atoms with Crippen LogP contribution in [0.5, 0.6) is 0 Å². The highest BCUT2D eigenvalue weighted by Crippen LogP contribution is 2.45. The standard InChI is InChI=1S/C13H14FNO3S/c1-19-10-6-8(2-3-9(10)14)11(16)15-7-13(4-5-13)12(17)18/h2-3,6H,4-5,7H2,1H3,(H,15,16)(H,17,18). The monoisotopic (exact) mass is 283 g/mol. The van der Waals surface area contributed by atoms with Gasteiger partial charge in [0, 0.05) is 17.0 Å². The fourth-order valence-corrected chi connectivity index (χ4v) is 2.28. The molecule has 1 saturated carbocycles. The minimum Gasteiger partial charge on any atom is -0.481 e. The molecule has 0 saturated heterocycles. The molecule has 1 aromatic carbocycles. The summed E-state index contributed by atoms with van der Waals surface area (Å²) in [5.41, 5.74) is -0.454. The quantitative estimate of drug-likeness (QED) is 0.813. The maximum atomic E-state index is 13.3. The molecule has 1 aromatic rings. The van der Waals surface area contributed by atoms with Gasteiger partial charge in [0.1, 0.15) is 5.82 Å². The van der Waals surface area contributed by atoms with Crippen molar-refractivity contribution in [1.82, 2.24) is 5.32 Å². The number of benzene rings is 1. The number of rotatable bonds is 5. The summed E-state index contributed by atoms with van der Waals surface area (Å²) in [5, 5.41) is 11.6. The van der Waals surface area contributed by atoms with Crippen LogP contribution in [0.25, 0.3) is 0 Å². The number of thioether (sulfide) groups is 1. The molecule has 0 spiro atoms. The molecule has 0 radical (unpaired) electrons. The van der Waals surface area contributed by atoms with Gasteiger partial charge in [-0.05, 0) is 37.3 Å². The molecule has 2 rings (SSSR count). The lowest BCUT2D eigenvalue weighted by Crippen LogP contribution is -2.34. The van der Waals surface area contributed by atoms with Crippen molar-refractivity contribution in [2.24, 2.45) is 5.41 Å². The van der Waals surface area contributed by atoms with Crippen LogP contribution >= 0.6 is 11.8 Å². The summed E-state index contributed by atoms with van der Waals surface area (Å²) in [4.78, 5) is 23.3. The minimum absolute atomic E-state index is 0.118. The predicted octanol–water partition coefficient (Wildman–Crippen LogP) is 2.14. The van der Waals surface area contributed by atoms with Crippen LogP contribution in [0.3, 0.4) is 0 Å². The number of hydrogen-bond donors (Lipinski definition) is 2. The van der Waals surface area contributed by atoms with Gasteiger partial charge in [0.2, 0.25) is 0 Å². The molecule has 102 valence electrons. The summed E-state index contributed by atoms with van der Waals surface area (Å²) >= 11 is 1.22. The average Bonchev–Trinajstić information content (AvgIpc) is 3.17. The Morgan fingerprint density at radius 2 is 2.16 bits per heavy atom. The third kappa shape index (κ3) is 2.89. The second-order valence-corrected chi connectivity index (χ2v) is 5.47. The molecule has 6 heteroatoms. The van der Waals surface area contributed by atoms with Crippen molar-refractivity contribution in [3.8, 4) is 0 Å². The molecule has 19 heavy (non-hydrogen) atoms. The first-order chi connectivity index (χ1) is 8.98. The molecule has 0 aromatic heterocycles. The van der Waals surface area contributed by atoms with Crippen molar-refractivity contribution in [2.75, 3.05) is 12.8 Å². The summed E-state index contributed by atoms with van der Waals surface area (Å²) < 4.78 is 13.3. The average molecular weight is 283 g/mol. The predicted molar refractivity (Wildman–Crippen MR) is 69.8 cm³/mol. The first-order valence-corrected chi connectivity index (χ1v) is 7.06. The summed E-state index contributed by atoms with van der Waals surface area (Å²) in [5.74, 6) is -1.62. The SMILES string of the molecule is CSc1cc(C(=O)NCC2(C(=O)O)CC2)ccc1F. The van der Waals surface area contributed by atoms with Gasteiger partial charge in [0.25, 0.3) is 5.91 Å². The smallest absolute Gasteiger partial charge is 0.311 e. The third-order valence-corrected chi connectivity index (χ3v) is 4.06. The van der Waals surface area contributed by atoms with Crippen molar-refractivity contribution in [3.63, 3.8) is 0 Å². The zero-order valence-electron chi connectivity index (χ0n) is 10.4. The molecule has 1 aliphatic carbocycles. The Morgan fingerprint density at radius 3 is 2.68 bits per heavy atom. The molecule has 2 N–H and O–H groups in total. The normalized spacial score (nSPS) is 15.9. The summed E-state index contributed by atoms with van der Waals surface area (Å²) in [6, 6.07) is 4.10. The summed E-state index contributed by atoms with van der Waals surface area (Å²) in [7, 11) is 0. The van der Waals surface area contributed by atoms with Gasteiger partial charge in [-0.3, -0.25) is 9.59 Å². The number of amides is 1. The van der Waals surface area contributed by atoms with E-state index in [0.29, 0.717) is 23.3 Å². The van der Waals surface area contributed by atoms with E-state index < -0.39 is 11.4 Å². The maximum absolute atomic E-state index is 13.3. The molecule has 1 aliphatic rings. The molecule has 4 nitrogen and oxygen atoms in total. The van der Waals surface area contributed by atoms with E-state index in [2.05, 4.69) is 5.32 Å². The summed E-state index contributed by atoms with van der Waals surface area (Å²) in [6.07, 6.45) is 2.90. The molecule has 0 unspecified atom stereocenters. The molecule has 1 amide bonds. The van der Waals surface area contributed by atoms with Gasteiger partial charge in [0.05, 0.1) is 5.41 Å². The number of carbonyl (C=O) groups excluding carboxylic acids is 1. The van der Waals surface area contributed by atoms with Crippen LogP contribution in [0.4, 0.5) is 4.39 Å². The van der Waals surface area contributed by atoms with Gasteiger partial charge < -0.3 is 10.4 Å². The topological polar surface area (TPSA) is 66.4 Å². The first kappa shape index (κ1) is 13.9. The van der Waals surface area contributed by atoms with Crippen LogP contribution in [0.1, 0.15) is 23.2 Å². The van der Waals surface area contributed by atoms with Crippen molar-refractivity contribution in [2.45, 2.75) is 17.7 Å². The van der Waals surface area contributed by atoms with Gasteiger partial charge in [-0.1, -0.05) is 0 Å². The molecule has 0 heterocycles. The highest BCUT2D eigenvalue weighted by atomic mass is 32.2. The van der Waals surface area contributed by atoms with Crippen LogP contribution in [0, 0.1) is 11.2 Å². The zero-order valence-corrected chi connectivity index (χ0v) is 11.2. The fraction of sp³-hybridized carbons (Fsp3) is 0.385. The first-order valence-electron chi connectivity index (χ1n) is 5.84. The number of hydrogen-bond acceptors (Lipinski definition) is 3. The van der Waals surface area contributed by atoms with Crippen molar-refractivity contribution in [3.05, 3.63) is 29.6 Å². The Bertz CT molecular complexity index is 529. The molecule has 1 fully saturated rings. The molecule has 0 atom stereocenters. The highest BCUT2D eigenvalue weighted by molar-refractivity contribution is 7.98. The number of nitrogens with one attached hydrogen (secondary N) is 1. The summed E-state index contributed by atoms with van der Waals surface area (Å²) in [6.45, 7) is 0.118. The van der Waals surface area contributed by atoms with Crippen LogP contribution < -0.4 is 5.32 Å². The Kier molecular flexibility index (Phi) is 3.80. The molecule has 0 aliphatic heterocycles. The Labute approximate surface area is 114 Å². The highest BCUT2D eigenvalue weighted by Gasteiger charge is 2.50. The van der Waals surface area contributed by atoms with Crippen molar-refractivity contribution in [1.29, 1.82) is 0 Å². The maximum Gasteiger partial charge on any atom is 0.311 e. The van der Waals surface area contributed by atoms with Gasteiger partial charge in [-0.2, -0.15) is 0 Å². The van der Waals surface area contributed by atoms with Crippen molar-refractivity contribution >= 4 is 23.6 Å². The third-order valence-electron chi connectivity index (χ3n) is 3.31. The zero-order chi connectivity index (χ0) is 14.0. The molecule has 0 bridgehead atoms. The molecular formula is C13H14FNO3S. The number of halogens is 1. The fourth-order valence-electron chi connectivity index (χ4n) is 1.77. The number of carboxylic acid groups (broad SMARTS) is 1. The van der Waals surface area contributed by atoms with Crippen LogP contribution in [-0.4, -0.2) is 29.8 Å². The number of carboxylic acids is 1. The Hall–Kier alpha value is -1.56. The van der Waals surface area contributed by atoms with E-state index in [1.807, 2.05) is 0 Å². The van der Waals surface area contributed by atoms with Gasteiger partial charge in [-0.15, -0.1) is 11.8 Å². The van der Waals surface area contributed by atoms with Crippen molar-refractivity contribution < 1.29 is 19.1 Å². The van der Waals surface area contributed by atoms with E-state index in [1.54, 1.807) is 6.26 Å². The minimum atomic E-state index is -0.878. The van der Waals surface area contributed by atoms with Gasteiger partial charge in [-0.25, -0.2) is 4.39 Å². The Morgan fingerprint density at radius 1 is 1.47 bits per heavy atom. The lowest BCUT2D eigenvalue weighted by Gasteiger charge is -2.11. The van der Waals surface area contributed by atoms with Gasteiger partial charge >= 0.3 is 5.97 Å². The van der Waals surface area contributed by atoms with E-state index in [0.717, 1.165) is 0 Å². The largest absolute Gasteiger partial charge is 0.481 e. The van der Waals surface area contributed by atoms with Gasteiger partial charge in [0.15, 0.2) is 0 Å². The van der Waals surface area contributed by atoms with Crippen LogP contribution in [-0.2, 0) is 4.79 Å². The van der Waals surface area contributed by atoms with E-state index >= 15 is 0 Å². The second kappa shape index (κ2) is 5.21. The number of aliphatic carboxylic acids is 1. The number of carbonyl (C=O) groups is 2.